The Labute approximate surface area is 141 Å². The Hall–Kier alpha value is -2.89. The molecule has 1 N–H and O–H groups in total. The fourth-order valence-electron chi connectivity index (χ4n) is 2.52. The summed E-state index contributed by atoms with van der Waals surface area (Å²) < 4.78 is 1.80. The van der Waals surface area contributed by atoms with E-state index >= 15 is 0 Å². The first-order chi connectivity index (χ1) is 11.5. The zero-order valence-electron chi connectivity index (χ0n) is 14.3. The molecule has 0 aliphatic heterocycles. The highest BCUT2D eigenvalue weighted by molar-refractivity contribution is 6.06. The maximum atomic E-state index is 12.6. The maximum absolute atomic E-state index is 12.6. The van der Waals surface area contributed by atoms with Crippen molar-refractivity contribution in [3.63, 3.8) is 0 Å². The number of nitrogens with one attached hydrogen (secondary N) is 1. The number of fused-ring (bicyclic) bond motifs is 1. The molecule has 0 saturated carbocycles. The molecule has 3 rings (SSSR count). The lowest BCUT2D eigenvalue weighted by atomic mass is 10.1. The van der Waals surface area contributed by atoms with Crippen molar-refractivity contribution < 1.29 is 4.79 Å². The Morgan fingerprint density at radius 1 is 1.25 bits per heavy atom. The van der Waals surface area contributed by atoms with Crippen molar-refractivity contribution in [1.82, 2.24) is 14.8 Å². The predicted molar refractivity (Wildman–Crippen MR) is 96.6 cm³/mol. The zero-order valence-corrected chi connectivity index (χ0v) is 14.3. The summed E-state index contributed by atoms with van der Waals surface area (Å²) >= 11 is 0. The number of hydrogen-bond donors (Lipinski definition) is 1. The highest BCUT2D eigenvalue weighted by Crippen LogP contribution is 2.25. The Bertz CT molecular complexity index is 882. The van der Waals surface area contributed by atoms with Crippen molar-refractivity contribution in [2.45, 2.75) is 19.9 Å². The number of para-hydroxylation sites is 1. The standard InChI is InChI=1S/C18H21N5O/c1-12(2)23-11-13(10-19-23)20-18(24)16-9-17(22(3)4)14-7-5-6-8-15(14)21-16/h5-12H,1-4H3,(H,20,24). The van der Waals surface area contributed by atoms with Gasteiger partial charge in [-0.3, -0.25) is 9.48 Å². The van der Waals surface area contributed by atoms with Gasteiger partial charge in [0.2, 0.25) is 0 Å². The summed E-state index contributed by atoms with van der Waals surface area (Å²) in [4.78, 5) is 19.1. The van der Waals surface area contributed by atoms with E-state index in [4.69, 9.17) is 0 Å². The summed E-state index contributed by atoms with van der Waals surface area (Å²) in [6.07, 6.45) is 3.46. The van der Waals surface area contributed by atoms with Gasteiger partial charge in [-0.05, 0) is 26.0 Å². The minimum atomic E-state index is -0.243. The molecule has 6 heteroatoms. The van der Waals surface area contributed by atoms with Gasteiger partial charge in [0.05, 0.1) is 17.4 Å². The fourth-order valence-corrected chi connectivity index (χ4v) is 2.52. The average molecular weight is 323 g/mol. The van der Waals surface area contributed by atoms with Gasteiger partial charge in [-0.1, -0.05) is 18.2 Å². The summed E-state index contributed by atoms with van der Waals surface area (Å²) in [5.74, 6) is -0.243. The number of pyridine rings is 1. The molecule has 0 saturated heterocycles. The SMILES string of the molecule is CC(C)n1cc(NC(=O)c2cc(N(C)C)c3ccccc3n2)cn1. The topological polar surface area (TPSA) is 63.1 Å². The third-order valence-electron chi connectivity index (χ3n) is 3.80. The van der Waals surface area contributed by atoms with Gasteiger partial charge in [0, 0.05) is 37.4 Å². The number of nitrogens with zero attached hydrogens (tertiary/aromatic N) is 4. The van der Waals surface area contributed by atoms with E-state index in [2.05, 4.69) is 15.4 Å². The summed E-state index contributed by atoms with van der Waals surface area (Å²) in [6.45, 7) is 4.07. The van der Waals surface area contributed by atoms with Gasteiger partial charge in [0.25, 0.3) is 5.91 Å². The lowest BCUT2D eigenvalue weighted by Crippen LogP contribution is -2.16. The van der Waals surface area contributed by atoms with Gasteiger partial charge in [-0.2, -0.15) is 5.10 Å². The molecule has 0 aliphatic carbocycles. The van der Waals surface area contributed by atoms with Crippen LogP contribution in [0.4, 0.5) is 11.4 Å². The van der Waals surface area contributed by atoms with Crippen LogP contribution in [-0.4, -0.2) is 34.8 Å². The number of rotatable bonds is 4. The lowest BCUT2D eigenvalue weighted by molar-refractivity contribution is 0.102. The molecular formula is C18H21N5O. The summed E-state index contributed by atoms with van der Waals surface area (Å²) in [5, 5.41) is 8.11. The number of aromatic nitrogens is 3. The molecule has 0 bridgehead atoms. The number of anilines is 2. The molecule has 1 aromatic carbocycles. The second-order valence-corrected chi connectivity index (χ2v) is 6.20. The van der Waals surface area contributed by atoms with E-state index in [1.807, 2.05) is 69.4 Å². The molecule has 24 heavy (non-hydrogen) atoms. The first kappa shape index (κ1) is 16.0. The van der Waals surface area contributed by atoms with E-state index in [1.54, 1.807) is 10.9 Å². The third-order valence-corrected chi connectivity index (χ3v) is 3.80. The second kappa shape index (κ2) is 6.31. The minimum Gasteiger partial charge on any atom is -0.377 e. The van der Waals surface area contributed by atoms with Crippen LogP contribution in [0.15, 0.2) is 42.7 Å². The van der Waals surface area contributed by atoms with Gasteiger partial charge >= 0.3 is 0 Å². The van der Waals surface area contributed by atoms with Crippen molar-refractivity contribution in [2.24, 2.45) is 0 Å². The number of benzene rings is 1. The van der Waals surface area contributed by atoms with Crippen molar-refractivity contribution in [1.29, 1.82) is 0 Å². The summed E-state index contributed by atoms with van der Waals surface area (Å²) in [5.41, 5.74) is 2.81. The van der Waals surface area contributed by atoms with E-state index in [0.717, 1.165) is 16.6 Å². The largest absolute Gasteiger partial charge is 0.377 e. The molecular weight excluding hydrogens is 302 g/mol. The maximum Gasteiger partial charge on any atom is 0.274 e. The lowest BCUT2D eigenvalue weighted by Gasteiger charge is -2.16. The monoisotopic (exact) mass is 323 g/mol. The van der Waals surface area contributed by atoms with E-state index < -0.39 is 0 Å². The van der Waals surface area contributed by atoms with Crippen LogP contribution in [0.3, 0.4) is 0 Å². The molecule has 2 heterocycles. The van der Waals surface area contributed by atoms with Crippen molar-refractivity contribution in [2.75, 3.05) is 24.3 Å². The predicted octanol–water partition coefficient (Wildman–Crippen LogP) is 3.33. The van der Waals surface area contributed by atoms with Crippen LogP contribution < -0.4 is 10.2 Å². The van der Waals surface area contributed by atoms with E-state index in [9.17, 15) is 4.79 Å². The molecule has 3 aromatic rings. The van der Waals surface area contributed by atoms with Crippen LogP contribution in [0.1, 0.15) is 30.4 Å². The summed E-state index contributed by atoms with van der Waals surface area (Å²) in [6, 6.07) is 9.86. The molecule has 124 valence electrons. The van der Waals surface area contributed by atoms with E-state index in [1.165, 1.54) is 0 Å². The van der Waals surface area contributed by atoms with Crippen LogP contribution in [0.2, 0.25) is 0 Å². The molecule has 6 nitrogen and oxygen atoms in total. The molecule has 0 aliphatic rings. The Balaban J connectivity index is 1.94. The number of carbonyl (C=O) groups is 1. The molecule has 0 radical (unpaired) electrons. The van der Waals surface area contributed by atoms with Gasteiger partial charge in [-0.25, -0.2) is 4.98 Å². The first-order valence-electron chi connectivity index (χ1n) is 7.88. The smallest absolute Gasteiger partial charge is 0.274 e. The quantitative estimate of drug-likeness (QED) is 0.800. The van der Waals surface area contributed by atoms with Crippen LogP contribution in [0.5, 0.6) is 0 Å². The van der Waals surface area contributed by atoms with Gasteiger partial charge in [0.1, 0.15) is 5.69 Å². The van der Waals surface area contributed by atoms with Crippen LogP contribution in [0, 0.1) is 0 Å². The van der Waals surface area contributed by atoms with Gasteiger partial charge in [-0.15, -0.1) is 0 Å². The highest BCUT2D eigenvalue weighted by Gasteiger charge is 2.14. The molecule has 0 fully saturated rings. The normalized spacial score (nSPS) is 11.0. The number of carbonyl (C=O) groups excluding carboxylic acids is 1. The third kappa shape index (κ3) is 3.08. The van der Waals surface area contributed by atoms with Crippen molar-refractivity contribution in [3.8, 4) is 0 Å². The minimum absolute atomic E-state index is 0.243. The Morgan fingerprint density at radius 2 is 2.00 bits per heavy atom. The van der Waals surface area contributed by atoms with E-state index in [-0.39, 0.29) is 11.9 Å². The van der Waals surface area contributed by atoms with E-state index in [0.29, 0.717) is 11.4 Å². The zero-order chi connectivity index (χ0) is 17.3. The Kier molecular flexibility index (Phi) is 4.20. The van der Waals surface area contributed by atoms with Crippen LogP contribution in [0.25, 0.3) is 10.9 Å². The molecule has 0 atom stereocenters. The Morgan fingerprint density at radius 3 is 2.67 bits per heavy atom. The first-order valence-corrected chi connectivity index (χ1v) is 7.88. The average Bonchev–Trinajstić information content (AvgIpc) is 3.02. The number of hydrogen-bond acceptors (Lipinski definition) is 4. The van der Waals surface area contributed by atoms with Crippen LogP contribution >= 0.6 is 0 Å². The highest BCUT2D eigenvalue weighted by atomic mass is 16.1. The fraction of sp³-hybridized carbons (Fsp3) is 0.278. The summed E-state index contributed by atoms with van der Waals surface area (Å²) in [7, 11) is 3.91. The molecule has 1 amide bonds. The van der Waals surface area contributed by atoms with Crippen molar-refractivity contribution in [3.05, 3.63) is 48.4 Å². The molecule has 2 aromatic heterocycles. The molecule has 0 unspecified atom stereocenters. The van der Waals surface area contributed by atoms with Gasteiger partial charge < -0.3 is 10.2 Å². The van der Waals surface area contributed by atoms with Crippen molar-refractivity contribution >= 4 is 28.2 Å². The van der Waals surface area contributed by atoms with Crippen LogP contribution in [-0.2, 0) is 0 Å². The number of amides is 1. The molecule has 0 spiro atoms. The van der Waals surface area contributed by atoms with Gasteiger partial charge in [0.15, 0.2) is 0 Å². The second-order valence-electron chi connectivity index (χ2n) is 6.20.